The second-order valence-corrected chi connectivity index (χ2v) is 4.61. The molecule has 6 nitrogen and oxygen atoms in total. The Bertz CT molecular complexity index is 667. The molecule has 0 aromatic carbocycles. The SMILES string of the molecule is Cc1oc2ncn(CC(C)C)c(=O)c2c1C(=O)O. The number of hydrogen-bond acceptors (Lipinski definition) is 4. The lowest BCUT2D eigenvalue weighted by atomic mass is 10.2. The van der Waals surface area contributed by atoms with Gasteiger partial charge >= 0.3 is 5.97 Å². The van der Waals surface area contributed by atoms with Crippen molar-refractivity contribution in [2.75, 3.05) is 0 Å². The van der Waals surface area contributed by atoms with Gasteiger partial charge in [0.25, 0.3) is 5.56 Å². The van der Waals surface area contributed by atoms with E-state index in [1.54, 1.807) is 0 Å². The van der Waals surface area contributed by atoms with Gasteiger partial charge < -0.3 is 9.52 Å². The van der Waals surface area contributed by atoms with Crippen LogP contribution < -0.4 is 5.56 Å². The van der Waals surface area contributed by atoms with Crippen LogP contribution in [0, 0.1) is 12.8 Å². The molecule has 6 heteroatoms. The molecule has 0 aliphatic heterocycles. The lowest BCUT2D eigenvalue weighted by Gasteiger charge is -2.07. The first kappa shape index (κ1) is 12.3. The van der Waals surface area contributed by atoms with Crippen LogP contribution >= 0.6 is 0 Å². The molecule has 0 atom stereocenters. The third-order valence-electron chi connectivity index (χ3n) is 2.63. The number of carboxylic acid groups (broad SMARTS) is 1. The highest BCUT2D eigenvalue weighted by atomic mass is 16.4. The molecule has 2 aromatic heterocycles. The highest BCUT2D eigenvalue weighted by Gasteiger charge is 2.22. The summed E-state index contributed by atoms with van der Waals surface area (Å²) in [5.74, 6) is -0.708. The lowest BCUT2D eigenvalue weighted by Crippen LogP contribution is -2.23. The third-order valence-corrected chi connectivity index (χ3v) is 2.63. The number of carboxylic acids is 1. The topological polar surface area (TPSA) is 85.3 Å². The zero-order valence-corrected chi connectivity index (χ0v) is 10.4. The molecule has 2 heterocycles. The second-order valence-electron chi connectivity index (χ2n) is 4.61. The van der Waals surface area contributed by atoms with Crippen LogP contribution in [0.15, 0.2) is 15.5 Å². The fourth-order valence-electron chi connectivity index (χ4n) is 1.92. The third kappa shape index (κ3) is 1.90. The van der Waals surface area contributed by atoms with Crippen LogP contribution in [0.2, 0.25) is 0 Å². The van der Waals surface area contributed by atoms with Gasteiger partial charge in [-0.15, -0.1) is 0 Å². The van der Waals surface area contributed by atoms with Crippen molar-refractivity contribution in [2.24, 2.45) is 5.92 Å². The number of aryl methyl sites for hydroxylation is 1. The van der Waals surface area contributed by atoms with Crippen LogP contribution in [-0.4, -0.2) is 20.6 Å². The predicted molar refractivity (Wildman–Crippen MR) is 64.8 cm³/mol. The molecule has 0 fully saturated rings. The molecule has 0 amide bonds. The summed E-state index contributed by atoms with van der Waals surface area (Å²) in [7, 11) is 0. The highest BCUT2D eigenvalue weighted by Crippen LogP contribution is 2.20. The Balaban J connectivity index is 2.76. The summed E-state index contributed by atoms with van der Waals surface area (Å²) >= 11 is 0. The van der Waals surface area contributed by atoms with Crippen molar-refractivity contribution in [2.45, 2.75) is 27.3 Å². The van der Waals surface area contributed by atoms with Gasteiger partial charge in [0.15, 0.2) is 0 Å². The van der Waals surface area contributed by atoms with Crippen molar-refractivity contribution in [1.29, 1.82) is 0 Å². The Labute approximate surface area is 103 Å². The second kappa shape index (κ2) is 4.29. The van der Waals surface area contributed by atoms with Crippen molar-refractivity contribution in [1.82, 2.24) is 9.55 Å². The zero-order chi connectivity index (χ0) is 13.4. The van der Waals surface area contributed by atoms with Gasteiger partial charge in [0.05, 0.1) is 0 Å². The molecular weight excluding hydrogens is 236 g/mol. The first-order valence-corrected chi connectivity index (χ1v) is 5.63. The Morgan fingerprint density at radius 1 is 1.56 bits per heavy atom. The minimum Gasteiger partial charge on any atom is -0.478 e. The molecule has 0 saturated carbocycles. The van der Waals surface area contributed by atoms with E-state index < -0.39 is 5.97 Å². The average Bonchev–Trinajstić information content (AvgIpc) is 2.59. The summed E-state index contributed by atoms with van der Waals surface area (Å²) in [5.41, 5.74) is -0.390. The number of rotatable bonds is 3. The van der Waals surface area contributed by atoms with E-state index in [0.717, 1.165) is 0 Å². The molecule has 0 aliphatic rings. The number of hydrogen-bond donors (Lipinski definition) is 1. The molecule has 0 spiro atoms. The van der Waals surface area contributed by atoms with E-state index in [1.165, 1.54) is 17.8 Å². The van der Waals surface area contributed by atoms with Crippen molar-refractivity contribution in [3.8, 4) is 0 Å². The van der Waals surface area contributed by atoms with E-state index in [4.69, 9.17) is 9.52 Å². The molecule has 2 aromatic rings. The zero-order valence-electron chi connectivity index (χ0n) is 10.4. The van der Waals surface area contributed by atoms with Crippen molar-refractivity contribution < 1.29 is 14.3 Å². The normalized spacial score (nSPS) is 11.3. The van der Waals surface area contributed by atoms with Gasteiger partial charge in [-0.25, -0.2) is 9.78 Å². The number of aromatic carboxylic acids is 1. The number of nitrogens with zero attached hydrogens (tertiary/aromatic N) is 2. The van der Waals surface area contributed by atoms with Crippen LogP contribution in [0.25, 0.3) is 11.1 Å². The molecule has 0 bridgehead atoms. The first-order chi connectivity index (χ1) is 8.41. The Kier molecular flexibility index (Phi) is 2.94. The van der Waals surface area contributed by atoms with E-state index in [-0.39, 0.29) is 33.9 Å². The Morgan fingerprint density at radius 2 is 2.22 bits per heavy atom. The van der Waals surface area contributed by atoms with Gasteiger partial charge in [-0.1, -0.05) is 13.8 Å². The smallest absolute Gasteiger partial charge is 0.340 e. The number of furan rings is 1. The fraction of sp³-hybridized carbons (Fsp3) is 0.417. The summed E-state index contributed by atoms with van der Waals surface area (Å²) in [6, 6.07) is 0. The quantitative estimate of drug-likeness (QED) is 0.895. The number of aromatic nitrogens is 2. The van der Waals surface area contributed by atoms with Crippen molar-refractivity contribution in [3.05, 3.63) is 28.0 Å². The standard InChI is InChI=1S/C12H14N2O4/c1-6(2)4-14-5-13-10-9(11(14)15)8(12(16)17)7(3)18-10/h5-6H,4H2,1-3H3,(H,16,17). The fourth-order valence-corrected chi connectivity index (χ4v) is 1.92. The van der Waals surface area contributed by atoms with E-state index in [0.29, 0.717) is 6.54 Å². The molecule has 1 N–H and O–H groups in total. The number of fused-ring (bicyclic) bond motifs is 1. The highest BCUT2D eigenvalue weighted by molar-refractivity contribution is 6.02. The Morgan fingerprint density at radius 3 is 2.78 bits per heavy atom. The lowest BCUT2D eigenvalue weighted by molar-refractivity contribution is 0.0697. The maximum Gasteiger partial charge on any atom is 0.340 e. The van der Waals surface area contributed by atoms with Crippen molar-refractivity contribution >= 4 is 17.1 Å². The average molecular weight is 250 g/mol. The van der Waals surface area contributed by atoms with Crippen LogP contribution in [0.1, 0.15) is 30.0 Å². The van der Waals surface area contributed by atoms with Crippen molar-refractivity contribution in [3.63, 3.8) is 0 Å². The monoisotopic (exact) mass is 250 g/mol. The summed E-state index contributed by atoms with van der Waals surface area (Å²) in [4.78, 5) is 27.3. The van der Waals surface area contributed by atoms with Crippen LogP contribution in [-0.2, 0) is 6.54 Å². The van der Waals surface area contributed by atoms with E-state index in [9.17, 15) is 9.59 Å². The summed E-state index contributed by atoms with van der Waals surface area (Å²) in [6.07, 6.45) is 1.39. The molecule has 18 heavy (non-hydrogen) atoms. The van der Waals surface area contributed by atoms with Crippen LogP contribution in [0.4, 0.5) is 0 Å². The van der Waals surface area contributed by atoms with Gasteiger partial charge in [0.2, 0.25) is 5.71 Å². The predicted octanol–water partition coefficient (Wildman–Crippen LogP) is 1.65. The molecule has 96 valence electrons. The molecule has 2 rings (SSSR count). The van der Waals surface area contributed by atoms with Gasteiger partial charge in [-0.05, 0) is 12.8 Å². The summed E-state index contributed by atoms with van der Waals surface area (Å²) < 4.78 is 6.61. The van der Waals surface area contributed by atoms with Crippen LogP contribution in [0.5, 0.6) is 0 Å². The van der Waals surface area contributed by atoms with E-state index in [1.807, 2.05) is 13.8 Å². The summed E-state index contributed by atoms with van der Waals surface area (Å²) in [5, 5.41) is 9.16. The first-order valence-electron chi connectivity index (χ1n) is 5.63. The van der Waals surface area contributed by atoms with Crippen LogP contribution in [0.3, 0.4) is 0 Å². The van der Waals surface area contributed by atoms with Gasteiger partial charge in [0, 0.05) is 6.54 Å². The number of carbonyl (C=O) groups is 1. The molecule has 0 aliphatic carbocycles. The van der Waals surface area contributed by atoms with Gasteiger partial charge in [-0.3, -0.25) is 9.36 Å². The Hall–Kier alpha value is -2.11. The van der Waals surface area contributed by atoms with Gasteiger partial charge in [-0.2, -0.15) is 0 Å². The van der Waals surface area contributed by atoms with Gasteiger partial charge in [0.1, 0.15) is 23.0 Å². The van der Waals surface area contributed by atoms with E-state index in [2.05, 4.69) is 4.98 Å². The van der Waals surface area contributed by atoms with E-state index >= 15 is 0 Å². The minimum absolute atomic E-state index is 0.0446. The molecular formula is C12H14N2O4. The molecule has 0 saturated heterocycles. The molecule has 0 radical (unpaired) electrons. The maximum absolute atomic E-state index is 12.2. The summed E-state index contributed by atoms with van der Waals surface area (Å²) in [6.45, 7) is 5.94. The molecule has 0 unspecified atom stereocenters. The maximum atomic E-state index is 12.2. The minimum atomic E-state index is -1.17. The largest absolute Gasteiger partial charge is 0.478 e.